The summed E-state index contributed by atoms with van der Waals surface area (Å²) < 4.78 is 16.2. The zero-order valence-corrected chi connectivity index (χ0v) is 16.6. The Morgan fingerprint density at radius 3 is 2.67 bits per heavy atom. The van der Waals surface area contributed by atoms with Crippen LogP contribution < -0.4 is 14.0 Å². The highest BCUT2D eigenvalue weighted by atomic mass is 35.5. The molecular formula is C21H20ClN2O2S+. The number of rotatable bonds is 3. The average Bonchev–Trinajstić information content (AvgIpc) is 3.29. The molecule has 2 aliphatic heterocycles. The van der Waals surface area contributed by atoms with Gasteiger partial charge in [0, 0.05) is 16.3 Å². The smallest absolute Gasteiger partial charge is 0.324 e. The summed E-state index contributed by atoms with van der Waals surface area (Å²) in [7, 11) is 0. The lowest BCUT2D eigenvalue weighted by atomic mass is 10.1. The van der Waals surface area contributed by atoms with Crippen molar-refractivity contribution in [1.29, 1.82) is 0 Å². The van der Waals surface area contributed by atoms with Crippen LogP contribution in [0.5, 0.6) is 11.5 Å². The fraction of sp³-hybridized carbons (Fsp3) is 0.286. The van der Waals surface area contributed by atoms with E-state index in [9.17, 15) is 0 Å². The molecule has 1 unspecified atom stereocenters. The van der Waals surface area contributed by atoms with Crippen molar-refractivity contribution in [2.45, 2.75) is 24.5 Å². The summed E-state index contributed by atoms with van der Waals surface area (Å²) in [6.45, 7) is 3.46. The van der Waals surface area contributed by atoms with E-state index in [4.69, 9.17) is 21.1 Å². The molecule has 1 atom stereocenters. The number of nitrogens with zero attached hydrogens (tertiary/aromatic N) is 2. The largest absolute Gasteiger partial charge is 0.486 e. The van der Waals surface area contributed by atoms with E-state index in [-0.39, 0.29) is 0 Å². The molecule has 0 saturated carbocycles. The molecule has 138 valence electrons. The van der Waals surface area contributed by atoms with Gasteiger partial charge in [0.05, 0.1) is 0 Å². The molecular weight excluding hydrogens is 380 g/mol. The Hall–Kier alpha value is -2.11. The second kappa shape index (κ2) is 6.80. The highest BCUT2D eigenvalue weighted by Gasteiger charge is 2.37. The van der Waals surface area contributed by atoms with Crippen molar-refractivity contribution in [3.05, 3.63) is 53.7 Å². The van der Waals surface area contributed by atoms with Crippen LogP contribution in [0.15, 0.2) is 53.8 Å². The lowest BCUT2D eigenvalue weighted by Gasteiger charge is -2.18. The van der Waals surface area contributed by atoms with Crippen LogP contribution >= 0.6 is 23.4 Å². The van der Waals surface area contributed by atoms with Crippen molar-refractivity contribution in [2.75, 3.05) is 19.0 Å². The number of imidazole rings is 1. The Morgan fingerprint density at radius 1 is 1.11 bits per heavy atom. The van der Waals surface area contributed by atoms with E-state index in [0.29, 0.717) is 19.3 Å². The van der Waals surface area contributed by atoms with Gasteiger partial charge in [-0.15, -0.1) is 0 Å². The fourth-order valence-corrected chi connectivity index (χ4v) is 5.24. The van der Waals surface area contributed by atoms with E-state index in [1.807, 2.05) is 30.0 Å². The van der Waals surface area contributed by atoms with Crippen molar-refractivity contribution in [3.8, 4) is 28.4 Å². The molecule has 0 spiro atoms. The van der Waals surface area contributed by atoms with Crippen LogP contribution in [0.4, 0.5) is 0 Å². The molecule has 0 bridgehead atoms. The maximum Gasteiger partial charge on any atom is 0.324 e. The SMILES string of the molecule is CCC1CSc2n(-c3ccc(Cl)cc3)cc(-c3ccc4c(c3)OCCO4)[n+]21. The van der Waals surface area contributed by atoms with Gasteiger partial charge in [-0.3, -0.25) is 0 Å². The zero-order chi connectivity index (χ0) is 18.4. The molecule has 3 heterocycles. The molecule has 0 N–H and O–H groups in total. The summed E-state index contributed by atoms with van der Waals surface area (Å²) in [6.07, 6.45) is 3.33. The monoisotopic (exact) mass is 399 g/mol. The standard InChI is InChI=1S/C21H20ClN2O2S/c1-2-16-13-27-21-23(17-6-4-15(22)5-7-17)12-18(24(16)21)14-3-8-19-20(11-14)26-10-9-25-19/h3-8,11-12,16H,2,9-10,13H2,1H3/q+1. The molecule has 2 aromatic carbocycles. The first kappa shape index (κ1) is 17.0. The lowest BCUT2D eigenvalue weighted by Crippen LogP contribution is -2.38. The predicted octanol–water partition coefficient (Wildman–Crippen LogP) is 4.91. The molecule has 0 aliphatic carbocycles. The van der Waals surface area contributed by atoms with Gasteiger partial charge in [0.2, 0.25) is 0 Å². The fourth-order valence-electron chi connectivity index (χ4n) is 3.70. The molecule has 0 saturated heterocycles. The molecule has 4 nitrogen and oxygen atoms in total. The van der Waals surface area contributed by atoms with Gasteiger partial charge in [0.25, 0.3) is 0 Å². The summed E-state index contributed by atoms with van der Waals surface area (Å²) in [5, 5.41) is 2.01. The molecule has 3 aromatic rings. The van der Waals surface area contributed by atoms with Gasteiger partial charge in [0.15, 0.2) is 17.2 Å². The van der Waals surface area contributed by atoms with Gasteiger partial charge in [0.1, 0.15) is 31.1 Å². The van der Waals surface area contributed by atoms with Crippen molar-refractivity contribution >= 4 is 23.4 Å². The minimum atomic E-state index is 0.488. The van der Waals surface area contributed by atoms with Gasteiger partial charge < -0.3 is 9.47 Å². The number of hydrogen-bond donors (Lipinski definition) is 0. The van der Waals surface area contributed by atoms with Crippen LogP contribution in [0.25, 0.3) is 16.9 Å². The van der Waals surface area contributed by atoms with Crippen LogP contribution in [0, 0.1) is 0 Å². The third kappa shape index (κ3) is 2.89. The topological polar surface area (TPSA) is 27.3 Å². The maximum absolute atomic E-state index is 6.09. The first-order valence-electron chi connectivity index (χ1n) is 9.20. The molecule has 27 heavy (non-hydrogen) atoms. The number of thioether (sulfide) groups is 1. The Morgan fingerprint density at radius 2 is 1.89 bits per heavy atom. The number of ether oxygens (including phenoxy) is 2. The van der Waals surface area contributed by atoms with Crippen LogP contribution in [-0.4, -0.2) is 23.5 Å². The van der Waals surface area contributed by atoms with E-state index < -0.39 is 0 Å². The quantitative estimate of drug-likeness (QED) is 0.585. The van der Waals surface area contributed by atoms with E-state index in [2.05, 4.69) is 46.5 Å². The highest BCUT2D eigenvalue weighted by Crippen LogP contribution is 2.38. The summed E-state index contributed by atoms with van der Waals surface area (Å²) in [4.78, 5) is 0. The van der Waals surface area contributed by atoms with Crippen molar-refractivity contribution < 1.29 is 14.0 Å². The van der Waals surface area contributed by atoms with Gasteiger partial charge in [-0.05, 0) is 60.6 Å². The molecule has 0 radical (unpaired) electrons. The first-order chi connectivity index (χ1) is 13.2. The van der Waals surface area contributed by atoms with Crippen LogP contribution in [-0.2, 0) is 0 Å². The average molecular weight is 400 g/mol. The second-order valence-corrected chi connectivity index (χ2v) is 8.17. The van der Waals surface area contributed by atoms with Crippen LogP contribution in [0.3, 0.4) is 0 Å². The van der Waals surface area contributed by atoms with E-state index in [1.165, 1.54) is 10.9 Å². The third-order valence-corrected chi connectivity index (χ3v) is 6.56. The van der Waals surface area contributed by atoms with Crippen LogP contribution in [0.1, 0.15) is 19.4 Å². The minimum Gasteiger partial charge on any atom is -0.486 e. The first-order valence-corrected chi connectivity index (χ1v) is 10.6. The van der Waals surface area contributed by atoms with Crippen molar-refractivity contribution in [3.63, 3.8) is 0 Å². The van der Waals surface area contributed by atoms with Crippen LogP contribution in [0.2, 0.25) is 5.02 Å². The molecule has 5 rings (SSSR count). The molecule has 0 fully saturated rings. The zero-order valence-electron chi connectivity index (χ0n) is 15.0. The number of aromatic nitrogens is 2. The third-order valence-electron chi connectivity index (χ3n) is 5.11. The van der Waals surface area contributed by atoms with Crippen molar-refractivity contribution in [1.82, 2.24) is 4.57 Å². The Bertz CT molecular complexity index is 1000. The summed E-state index contributed by atoms with van der Waals surface area (Å²) in [6, 6.07) is 14.7. The summed E-state index contributed by atoms with van der Waals surface area (Å²) in [5.41, 5.74) is 3.47. The number of benzene rings is 2. The van der Waals surface area contributed by atoms with Gasteiger partial charge in [-0.1, -0.05) is 18.5 Å². The number of halogens is 1. The highest BCUT2D eigenvalue weighted by molar-refractivity contribution is 7.99. The lowest BCUT2D eigenvalue weighted by molar-refractivity contribution is -0.738. The molecule has 0 amide bonds. The van der Waals surface area contributed by atoms with Crippen molar-refractivity contribution in [2.24, 2.45) is 0 Å². The number of hydrogen-bond acceptors (Lipinski definition) is 3. The maximum atomic E-state index is 6.09. The Labute approximate surface area is 167 Å². The number of fused-ring (bicyclic) bond motifs is 2. The van der Waals surface area contributed by atoms with E-state index in [0.717, 1.165) is 39.9 Å². The molecule has 2 aliphatic rings. The normalized spacial score (nSPS) is 17.8. The van der Waals surface area contributed by atoms with E-state index >= 15 is 0 Å². The van der Waals surface area contributed by atoms with Gasteiger partial charge in [-0.25, -0.2) is 4.57 Å². The summed E-state index contributed by atoms with van der Waals surface area (Å²) >= 11 is 7.99. The molecule has 1 aromatic heterocycles. The van der Waals surface area contributed by atoms with E-state index in [1.54, 1.807) is 0 Å². The van der Waals surface area contributed by atoms with Gasteiger partial charge in [-0.2, -0.15) is 4.57 Å². The summed E-state index contributed by atoms with van der Waals surface area (Å²) in [5.74, 6) is 2.74. The Balaban J connectivity index is 1.66. The minimum absolute atomic E-state index is 0.488. The second-order valence-electron chi connectivity index (χ2n) is 6.74. The van der Waals surface area contributed by atoms with Gasteiger partial charge >= 0.3 is 5.16 Å². The predicted molar refractivity (Wildman–Crippen MR) is 107 cm³/mol. The Kier molecular flexibility index (Phi) is 4.29. The molecule has 6 heteroatoms.